The third kappa shape index (κ3) is 5.15. The van der Waals surface area contributed by atoms with Gasteiger partial charge in [0.1, 0.15) is 0 Å². The minimum atomic E-state index is -0.814. The summed E-state index contributed by atoms with van der Waals surface area (Å²) in [6.45, 7) is 6.20. The highest BCUT2D eigenvalue weighted by atomic mass is 19.2. The fraction of sp³-hybridized carbons (Fsp3) is 0.680. The molecule has 28 heavy (non-hydrogen) atoms. The van der Waals surface area contributed by atoms with Gasteiger partial charge in [-0.05, 0) is 93.1 Å². The zero-order valence-corrected chi connectivity index (χ0v) is 17.4. The number of benzene rings is 1. The molecule has 0 aromatic heterocycles. The molecule has 2 saturated carbocycles. The Morgan fingerprint density at radius 2 is 1.61 bits per heavy atom. The van der Waals surface area contributed by atoms with Crippen LogP contribution in [0.15, 0.2) is 24.8 Å². The monoisotopic (exact) mass is 390 g/mol. The van der Waals surface area contributed by atoms with E-state index in [1.54, 1.807) is 12.1 Å². The second-order valence-corrected chi connectivity index (χ2v) is 8.89. The highest BCUT2D eigenvalue weighted by Gasteiger charge is 2.32. The van der Waals surface area contributed by atoms with Crippen LogP contribution >= 0.6 is 0 Å². The SMILES string of the molecule is C=CCCC1CCC(C2CCC(c3ccc(OCCC)c(F)c3F)CC2)CC1. The zero-order chi connectivity index (χ0) is 19.9. The van der Waals surface area contributed by atoms with Crippen molar-refractivity contribution in [1.29, 1.82) is 0 Å². The largest absolute Gasteiger partial charge is 0.490 e. The number of allylic oxidation sites excluding steroid dienone is 1. The van der Waals surface area contributed by atoms with Crippen molar-refractivity contribution < 1.29 is 13.5 Å². The lowest BCUT2D eigenvalue weighted by atomic mass is 9.68. The summed E-state index contributed by atoms with van der Waals surface area (Å²) in [6.07, 6.45) is 14.9. The Kier molecular flexibility index (Phi) is 7.93. The van der Waals surface area contributed by atoms with Gasteiger partial charge in [0.15, 0.2) is 11.6 Å². The second kappa shape index (κ2) is 10.4. The molecule has 2 aliphatic rings. The Balaban J connectivity index is 1.52. The average Bonchev–Trinajstić information content (AvgIpc) is 2.74. The maximum atomic E-state index is 14.6. The number of rotatable bonds is 8. The van der Waals surface area contributed by atoms with Crippen molar-refractivity contribution in [3.8, 4) is 5.75 Å². The molecule has 0 heterocycles. The summed E-state index contributed by atoms with van der Waals surface area (Å²) in [5.41, 5.74) is 0.549. The molecule has 156 valence electrons. The van der Waals surface area contributed by atoms with Crippen LogP contribution in [-0.4, -0.2) is 6.61 Å². The quantitative estimate of drug-likeness (QED) is 0.411. The fourth-order valence-electron chi connectivity index (χ4n) is 5.39. The van der Waals surface area contributed by atoms with Gasteiger partial charge in [-0.25, -0.2) is 4.39 Å². The van der Waals surface area contributed by atoms with Gasteiger partial charge in [-0.2, -0.15) is 4.39 Å². The molecule has 0 amide bonds. The Labute approximate surface area is 169 Å². The van der Waals surface area contributed by atoms with Gasteiger partial charge in [0, 0.05) is 0 Å². The van der Waals surface area contributed by atoms with Crippen LogP contribution in [0.25, 0.3) is 0 Å². The van der Waals surface area contributed by atoms with Crippen LogP contribution in [0, 0.1) is 29.4 Å². The van der Waals surface area contributed by atoms with E-state index in [2.05, 4.69) is 6.58 Å². The lowest BCUT2D eigenvalue weighted by molar-refractivity contribution is 0.156. The summed E-state index contributed by atoms with van der Waals surface area (Å²) in [6, 6.07) is 3.36. The van der Waals surface area contributed by atoms with Gasteiger partial charge in [-0.3, -0.25) is 0 Å². The van der Waals surface area contributed by atoms with Crippen molar-refractivity contribution in [3.05, 3.63) is 42.0 Å². The van der Waals surface area contributed by atoms with Crippen molar-refractivity contribution >= 4 is 0 Å². The van der Waals surface area contributed by atoms with Crippen molar-refractivity contribution in [2.45, 2.75) is 83.5 Å². The van der Waals surface area contributed by atoms with E-state index in [1.165, 1.54) is 32.1 Å². The minimum Gasteiger partial charge on any atom is -0.490 e. The third-order valence-corrected chi connectivity index (χ3v) is 7.09. The third-order valence-electron chi connectivity index (χ3n) is 7.09. The minimum absolute atomic E-state index is 0.0463. The Morgan fingerprint density at radius 3 is 2.21 bits per heavy atom. The molecule has 0 unspecified atom stereocenters. The Morgan fingerprint density at radius 1 is 0.964 bits per heavy atom. The number of halogens is 2. The van der Waals surface area contributed by atoms with Gasteiger partial charge >= 0.3 is 0 Å². The average molecular weight is 391 g/mol. The summed E-state index contributed by atoms with van der Waals surface area (Å²) >= 11 is 0. The maximum absolute atomic E-state index is 14.6. The van der Waals surface area contributed by atoms with Crippen LogP contribution in [0.4, 0.5) is 8.78 Å². The van der Waals surface area contributed by atoms with E-state index in [0.717, 1.165) is 56.3 Å². The van der Waals surface area contributed by atoms with Crippen molar-refractivity contribution in [3.63, 3.8) is 0 Å². The molecule has 1 aromatic carbocycles. The summed E-state index contributed by atoms with van der Waals surface area (Å²) in [7, 11) is 0. The standard InChI is InChI=1S/C25H36F2O/c1-3-5-6-18-7-9-19(10-8-18)20-11-13-21(14-12-20)22-15-16-23(28-17-4-2)25(27)24(22)26/h3,15-16,18-21H,1,4-14,17H2,2H3. The van der Waals surface area contributed by atoms with E-state index in [0.29, 0.717) is 12.2 Å². The van der Waals surface area contributed by atoms with Crippen LogP contribution in [0.1, 0.15) is 89.0 Å². The predicted octanol–water partition coefficient (Wildman–Crippen LogP) is 7.80. The molecule has 3 rings (SSSR count). The molecule has 0 radical (unpaired) electrons. The molecule has 2 fully saturated rings. The smallest absolute Gasteiger partial charge is 0.200 e. The number of hydrogen-bond acceptors (Lipinski definition) is 1. The molecule has 0 bridgehead atoms. The molecular weight excluding hydrogens is 354 g/mol. The lowest BCUT2D eigenvalue weighted by Gasteiger charge is -2.38. The zero-order valence-electron chi connectivity index (χ0n) is 17.4. The summed E-state index contributed by atoms with van der Waals surface area (Å²) < 4.78 is 34.3. The molecule has 1 nitrogen and oxygen atoms in total. The highest BCUT2D eigenvalue weighted by Crippen LogP contribution is 2.45. The molecule has 2 aliphatic carbocycles. The van der Waals surface area contributed by atoms with E-state index in [9.17, 15) is 8.78 Å². The molecule has 0 N–H and O–H groups in total. The molecule has 0 aliphatic heterocycles. The topological polar surface area (TPSA) is 9.23 Å². The summed E-state index contributed by atoms with van der Waals surface area (Å²) in [5, 5.41) is 0. The van der Waals surface area contributed by atoms with E-state index in [-0.39, 0.29) is 11.7 Å². The van der Waals surface area contributed by atoms with Gasteiger partial charge in [0.05, 0.1) is 6.61 Å². The van der Waals surface area contributed by atoms with E-state index in [4.69, 9.17) is 4.74 Å². The molecule has 1 aromatic rings. The molecule has 0 saturated heterocycles. The highest BCUT2D eigenvalue weighted by molar-refractivity contribution is 5.33. The first-order valence-electron chi connectivity index (χ1n) is 11.4. The maximum Gasteiger partial charge on any atom is 0.200 e. The van der Waals surface area contributed by atoms with Crippen LogP contribution in [0.2, 0.25) is 0 Å². The summed E-state index contributed by atoms with van der Waals surface area (Å²) in [4.78, 5) is 0. The first-order valence-corrected chi connectivity index (χ1v) is 11.4. The van der Waals surface area contributed by atoms with Crippen LogP contribution < -0.4 is 4.74 Å². The lowest BCUT2D eigenvalue weighted by Crippen LogP contribution is -2.25. The van der Waals surface area contributed by atoms with Crippen molar-refractivity contribution in [1.82, 2.24) is 0 Å². The normalized spacial score (nSPS) is 28.1. The summed E-state index contributed by atoms with van der Waals surface area (Å²) in [5.74, 6) is 1.19. The first-order chi connectivity index (χ1) is 13.6. The van der Waals surface area contributed by atoms with Crippen LogP contribution in [0.3, 0.4) is 0 Å². The fourth-order valence-corrected chi connectivity index (χ4v) is 5.39. The molecule has 0 atom stereocenters. The Bertz CT molecular complexity index is 626. The van der Waals surface area contributed by atoms with E-state index in [1.807, 2.05) is 13.0 Å². The molecule has 0 spiro atoms. The van der Waals surface area contributed by atoms with Crippen molar-refractivity contribution in [2.24, 2.45) is 17.8 Å². The van der Waals surface area contributed by atoms with Gasteiger partial charge in [0.25, 0.3) is 0 Å². The van der Waals surface area contributed by atoms with Gasteiger partial charge in [-0.15, -0.1) is 6.58 Å². The second-order valence-electron chi connectivity index (χ2n) is 8.89. The first kappa shape index (κ1) is 21.3. The number of hydrogen-bond donors (Lipinski definition) is 0. The predicted molar refractivity (Wildman–Crippen MR) is 112 cm³/mol. The van der Waals surface area contributed by atoms with Crippen LogP contribution in [0.5, 0.6) is 5.75 Å². The van der Waals surface area contributed by atoms with E-state index >= 15 is 0 Å². The van der Waals surface area contributed by atoms with Gasteiger partial charge < -0.3 is 4.74 Å². The van der Waals surface area contributed by atoms with Gasteiger partial charge in [0.2, 0.25) is 5.82 Å². The van der Waals surface area contributed by atoms with Gasteiger partial charge in [-0.1, -0.05) is 31.9 Å². The molecule has 3 heteroatoms. The molecular formula is C25H36F2O. The van der Waals surface area contributed by atoms with Crippen molar-refractivity contribution in [2.75, 3.05) is 6.61 Å². The number of ether oxygens (including phenoxy) is 1. The van der Waals surface area contributed by atoms with E-state index < -0.39 is 11.6 Å². The van der Waals surface area contributed by atoms with Crippen LogP contribution in [-0.2, 0) is 0 Å². The Hall–Kier alpha value is -1.38.